The summed E-state index contributed by atoms with van der Waals surface area (Å²) >= 11 is 0. The number of hydrogen-bond acceptors (Lipinski definition) is 2. The number of carbonyl (C=O) groups excluding carboxylic acids is 1. The number of halogens is 2. The van der Waals surface area contributed by atoms with E-state index in [0.29, 0.717) is 26.2 Å². The van der Waals surface area contributed by atoms with E-state index in [9.17, 15) is 13.6 Å². The molecule has 0 atom stereocenters. The molecule has 1 fully saturated rings. The maximum absolute atomic E-state index is 13.3. The average Bonchev–Trinajstić information content (AvgIpc) is 2.66. The van der Waals surface area contributed by atoms with Crippen molar-refractivity contribution in [2.45, 2.75) is 13.0 Å². The highest BCUT2D eigenvalue weighted by atomic mass is 19.1. The van der Waals surface area contributed by atoms with Crippen LogP contribution in [0.3, 0.4) is 0 Å². The fraction of sp³-hybridized carbons (Fsp3) is 0.286. The van der Waals surface area contributed by atoms with Gasteiger partial charge < -0.3 is 4.90 Å². The van der Waals surface area contributed by atoms with Crippen molar-refractivity contribution in [3.05, 3.63) is 83.4 Å². The van der Waals surface area contributed by atoms with Gasteiger partial charge >= 0.3 is 0 Å². The number of benzene rings is 2. The molecule has 0 radical (unpaired) electrons. The molecule has 1 aliphatic rings. The van der Waals surface area contributed by atoms with Gasteiger partial charge in [0.15, 0.2) is 0 Å². The van der Waals surface area contributed by atoms with Gasteiger partial charge in [-0.15, -0.1) is 0 Å². The molecule has 2 aromatic carbocycles. The summed E-state index contributed by atoms with van der Waals surface area (Å²) in [5, 5.41) is 0. The van der Waals surface area contributed by atoms with Crippen LogP contribution in [0.25, 0.3) is 0 Å². The van der Waals surface area contributed by atoms with Gasteiger partial charge in [-0.3, -0.25) is 9.69 Å². The molecule has 1 aliphatic heterocycles. The van der Waals surface area contributed by atoms with Crippen LogP contribution in [-0.4, -0.2) is 41.9 Å². The van der Waals surface area contributed by atoms with E-state index in [4.69, 9.17) is 0 Å². The molecular weight excluding hydrogens is 334 g/mol. The topological polar surface area (TPSA) is 23.6 Å². The fourth-order valence-electron chi connectivity index (χ4n) is 3.35. The molecule has 0 aliphatic carbocycles. The number of rotatable bonds is 4. The van der Waals surface area contributed by atoms with Crippen molar-refractivity contribution in [2.75, 3.05) is 26.2 Å². The van der Waals surface area contributed by atoms with Gasteiger partial charge in [0.2, 0.25) is 5.91 Å². The standard InChI is InChI=1S/C21H22F2N2O/c1-2-3-20(26)24-12-14-25(15-13-24)21(16-4-8-18(22)9-5-16)17-6-10-19(23)11-7-17/h2-11,21H,12-15H2,1H3/b3-2+. The number of allylic oxidation sites excluding steroid dienone is 1. The molecule has 0 unspecified atom stereocenters. The normalized spacial score (nSPS) is 15.8. The first-order valence-corrected chi connectivity index (χ1v) is 8.75. The third kappa shape index (κ3) is 4.17. The Morgan fingerprint density at radius 1 is 0.885 bits per heavy atom. The van der Waals surface area contributed by atoms with Crippen molar-refractivity contribution >= 4 is 5.91 Å². The minimum absolute atomic E-state index is 0.0206. The fourth-order valence-corrected chi connectivity index (χ4v) is 3.35. The van der Waals surface area contributed by atoms with E-state index in [0.717, 1.165) is 11.1 Å². The van der Waals surface area contributed by atoms with Crippen LogP contribution in [0.4, 0.5) is 8.78 Å². The smallest absolute Gasteiger partial charge is 0.246 e. The summed E-state index contributed by atoms with van der Waals surface area (Å²) < 4.78 is 26.7. The van der Waals surface area contributed by atoms with E-state index in [-0.39, 0.29) is 23.6 Å². The molecule has 2 aromatic rings. The number of hydrogen-bond donors (Lipinski definition) is 0. The summed E-state index contributed by atoms with van der Waals surface area (Å²) in [6.45, 7) is 4.48. The second-order valence-electron chi connectivity index (χ2n) is 6.37. The van der Waals surface area contributed by atoms with E-state index >= 15 is 0 Å². The lowest BCUT2D eigenvalue weighted by atomic mass is 9.96. The predicted molar refractivity (Wildman–Crippen MR) is 97.6 cm³/mol. The van der Waals surface area contributed by atoms with E-state index < -0.39 is 0 Å². The molecule has 0 aromatic heterocycles. The van der Waals surface area contributed by atoms with Crippen molar-refractivity contribution in [3.63, 3.8) is 0 Å². The summed E-state index contributed by atoms with van der Waals surface area (Å²) in [5.41, 5.74) is 1.90. The Morgan fingerprint density at radius 3 is 1.77 bits per heavy atom. The Hall–Kier alpha value is -2.53. The van der Waals surface area contributed by atoms with E-state index in [2.05, 4.69) is 4.90 Å². The Bertz CT molecular complexity index is 718. The van der Waals surface area contributed by atoms with Crippen molar-refractivity contribution in [1.82, 2.24) is 9.80 Å². The van der Waals surface area contributed by atoms with Crippen LogP contribution in [0.15, 0.2) is 60.7 Å². The van der Waals surface area contributed by atoms with Crippen LogP contribution in [0, 0.1) is 11.6 Å². The summed E-state index contributed by atoms with van der Waals surface area (Å²) in [6, 6.07) is 12.7. The first kappa shape index (κ1) is 18.3. The predicted octanol–water partition coefficient (Wildman–Crippen LogP) is 3.77. The van der Waals surface area contributed by atoms with Crippen LogP contribution >= 0.6 is 0 Å². The molecule has 3 nitrogen and oxygen atoms in total. The van der Waals surface area contributed by atoms with Crippen molar-refractivity contribution < 1.29 is 13.6 Å². The third-order valence-corrected chi connectivity index (χ3v) is 4.67. The Balaban J connectivity index is 1.84. The Morgan fingerprint density at radius 2 is 1.35 bits per heavy atom. The molecule has 0 saturated carbocycles. The largest absolute Gasteiger partial charge is 0.337 e. The summed E-state index contributed by atoms with van der Waals surface area (Å²) in [6.07, 6.45) is 3.32. The zero-order valence-corrected chi connectivity index (χ0v) is 14.7. The number of carbonyl (C=O) groups is 1. The Labute approximate surface area is 152 Å². The van der Waals surface area contributed by atoms with Gasteiger partial charge in [-0.2, -0.15) is 0 Å². The van der Waals surface area contributed by atoms with Crippen molar-refractivity contribution in [2.24, 2.45) is 0 Å². The zero-order chi connectivity index (χ0) is 18.5. The molecule has 5 heteroatoms. The Kier molecular flexibility index (Phi) is 5.78. The molecular formula is C21H22F2N2O. The molecule has 0 bridgehead atoms. The summed E-state index contributed by atoms with van der Waals surface area (Å²) in [4.78, 5) is 16.1. The van der Waals surface area contributed by atoms with E-state index in [1.165, 1.54) is 24.3 Å². The van der Waals surface area contributed by atoms with Crippen LogP contribution in [-0.2, 0) is 4.79 Å². The summed E-state index contributed by atoms with van der Waals surface area (Å²) in [5.74, 6) is -0.547. The molecule has 3 rings (SSSR count). The van der Waals surface area contributed by atoms with Gasteiger partial charge in [0.05, 0.1) is 6.04 Å². The third-order valence-electron chi connectivity index (χ3n) is 4.67. The van der Waals surface area contributed by atoms with Crippen LogP contribution < -0.4 is 0 Å². The first-order valence-electron chi connectivity index (χ1n) is 8.75. The average molecular weight is 356 g/mol. The van der Waals surface area contributed by atoms with Gasteiger partial charge in [-0.1, -0.05) is 30.3 Å². The van der Waals surface area contributed by atoms with Crippen LogP contribution in [0.2, 0.25) is 0 Å². The van der Waals surface area contributed by atoms with Crippen molar-refractivity contribution in [3.8, 4) is 0 Å². The number of amides is 1. The molecule has 136 valence electrons. The summed E-state index contributed by atoms with van der Waals surface area (Å²) in [7, 11) is 0. The van der Waals surface area contributed by atoms with Gasteiger partial charge in [-0.05, 0) is 48.4 Å². The quantitative estimate of drug-likeness (QED) is 0.779. The lowest BCUT2D eigenvalue weighted by Gasteiger charge is -2.39. The highest BCUT2D eigenvalue weighted by Gasteiger charge is 2.27. The molecule has 0 spiro atoms. The van der Waals surface area contributed by atoms with Crippen molar-refractivity contribution in [1.29, 1.82) is 0 Å². The maximum atomic E-state index is 13.3. The lowest BCUT2D eigenvalue weighted by molar-refractivity contribution is -0.127. The highest BCUT2D eigenvalue weighted by molar-refractivity contribution is 5.87. The highest BCUT2D eigenvalue weighted by Crippen LogP contribution is 2.30. The van der Waals surface area contributed by atoms with E-state index in [1.807, 2.05) is 11.8 Å². The molecule has 0 N–H and O–H groups in total. The van der Waals surface area contributed by atoms with Crippen LogP contribution in [0.1, 0.15) is 24.1 Å². The maximum Gasteiger partial charge on any atom is 0.246 e. The first-order chi connectivity index (χ1) is 12.6. The molecule has 1 heterocycles. The van der Waals surface area contributed by atoms with Gasteiger partial charge in [0, 0.05) is 26.2 Å². The minimum Gasteiger partial charge on any atom is -0.337 e. The molecule has 26 heavy (non-hydrogen) atoms. The van der Waals surface area contributed by atoms with Gasteiger partial charge in [0.1, 0.15) is 11.6 Å². The second kappa shape index (κ2) is 8.23. The number of nitrogens with zero attached hydrogens (tertiary/aromatic N) is 2. The number of piperazine rings is 1. The van der Waals surface area contributed by atoms with Crippen LogP contribution in [0.5, 0.6) is 0 Å². The molecule has 1 saturated heterocycles. The minimum atomic E-state index is -0.284. The monoisotopic (exact) mass is 356 g/mol. The zero-order valence-electron chi connectivity index (χ0n) is 14.7. The SMILES string of the molecule is C/C=C/C(=O)N1CCN(C(c2ccc(F)cc2)c2ccc(F)cc2)CC1. The van der Waals surface area contributed by atoms with E-state index in [1.54, 1.807) is 36.4 Å². The van der Waals surface area contributed by atoms with Gasteiger partial charge in [0.25, 0.3) is 0 Å². The second-order valence-corrected chi connectivity index (χ2v) is 6.37. The lowest BCUT2D eigenvalue weighted by Crippen LogP contribution is -2.49. The van der Waals surface area contributed by atoms with Gasteiger partial charge in [-0.25, -0.2) is 8.78 Å². The molecule has 1 amide bonds.